The van der Waals surface area contributed by atoms with Crippen LogP contribution >= 0.6 is 15.9 Å². The fourth-order valence-electron chi connectivity index (χ4n) is 1.04. The third kappa shape index (κ3) is 4.28. The summed E-state index contributed by atoms with van der Waals surface area (Å²) in [6.45, 7) is 5.14. The molecule has 0 saturated carbocycles. The number of hydrogen-bond donors (Lipinski definition) is 1. The number of halogens is 1. The van der Waals surface area contributed by atoms with Crippen molar-refractivity contribution in [3.63, 3.8) is 0 Å². The Morgan fingerprint density at radius 1 is 1.50 bits per heavy atom. The summed E-state index contributed by atoms with van der Waals surface area (Å²) >= 11 is 3.00. The van der Waals surface area contributed by atoms with Crippen LogP contribution in [-0.2, 0) is 4.74 Å². The van der Waals surface area contributed by atoms with Crippen LogP contribution in [0.2, 0.25) is 0 Å². The molecule has 0 aliphatic rings. The van der Waals surface area contributed by atoms with Gasteiger partial charge in [-0.3, -0.25) is 5.32 Å². The van der Waals surface area contributed by atoms with E-state index in [1.54, 1.807) is 20.8 Å². The molecular formula is C10H12BrN3O4. The molecule has 1 amide bonds. The molecule has 0 unspecified atom stereocenters. The first-order valence-corrected chi connectivity index (χ1v) is 5.79. The third-order valence-corrected chi connectivity index (χ3v) is 2.25. The van der Waals surface area contributed by atoms with Crippen molar-refractivity contribution in [2.45, 2.75) is 26.4 Å². The number of nitrogens with one attached hydrogen (secondary N) is 1. The van der Waals surface area contributed by atoms with Crippen LogP contribution in [0.3, 0.4) is 0 Å². The number of aromatic nitrogens is 1. The zero-order valence-electron chi connectivity index (χ0n) is 10.1. The Morgan fingerprint density at radius 3 is 2.61 bits per heavy atom. The number of nitro groups is 1. The molecule has 0 aliphatic carbocycles. The smallest absolute Gasteiger partial charge is 0.415 e. The maximum atomic E-state index is 11.4. The number of rotatable bonds is 2. The van der Waals surface area contributed by atoms with Gasteiger partial charge in [-0.15, -0.1) is 0 Å². The Balaban J connectivity index is 2.83. The molecule has 1 N–H and O–H groups in total. The normalized spacial score (nSPS) is 10.9. The minimum atomic E-state index is -0.716. The highest BCUT2D eigenvalue weighted by molar-refractivity contribution is 9.10. The molecule has 0 fully saturated rings. The first-order chi connectivity index (χ1) is 8.19. The van der Waals surface area contributed by atoms with Crippen molar-refractivity contribution in [3.05, 3.63) is 26.7 Å². The number of ether oxygens (including phenoxy) is 1. The second-order valence-electron chi connectivity index (χ2n) is 4.39. The number of nitrogens with zero attached hydrogens (tertiary/aromatic N) is 2. The molecule has 7 nitrogen and oxygen atoms in total. The number of carbonyl (C=O) groups is 1. The molecule has 1 aromatic rings. The molecule has 0 atom stereocenters. The molecule has 0 saturated heterocycles. The zero-order chi connectivity index (χ0) is 13.9. The number of hydrogen-bond acceptors (Lipinski definition) is 5. The minimum absolute atomic E-state index is 0.0548. The van der Waals surface area contributed by atoms with Crippen LogP contribution in [0.25, 0.3) is 0 Å². The molecule has 0 radical (unpaired) electrons. The van der Waals surface area contributed by atoms with Gasteiger partial charge in [-0.25, -0.2) is 4.79 Å². The van der Waals surface area contributed by atoms with Crippen molar-refractivity contribution in [2.24, 2.45) is 0 Å². The van der Waals surface area contributed by atoms with Gasteiger partial charge in [0.25, 0.3) is 5.82 Å². The minimum Gasteiger partial charge on any atom is -0.444 e. The highest BCUT2D eigenvalue weighted by Gasteiger charge is 2.20. The molecule has 18 heavy (non-hydrogen) atoms. The van der Waals surface area contributed by atoms with Crippen LogP contribution in [0, 0.1) is 10.1 Å². The molecule has 0 spiro atoms. The molecule has 0 bridgehead atoms. The van der Waals surface area contributed by atoms with E-state index in [1.165, 1.54) is 12.1 Å². The van der Waals surface area contributed by atoms with E-state index in [-0.39, 0.29) is 16.1 Å². The molecule has 1 heterocycles. The number of anilines is 1. The van der Waals surface area contributed by atoms with Crippen LogP contribution in [0.4, 0.5) is 16.4 Å². The van der Waals surface area contributed by atoms with E-state index in [4.69, 9.17) is 4.74 Å². The summed E-state index contributed by atoms with van der Waals surface area (Å²) in [7, 11) is 0. The molecule has 0 aromatic carbocycles. The predicted molar refractivity (Wildman–Crippen MR) is 68.4 cm³/mol. The SMILES string of the molecule is CC(C)(C)OC(=O)Nc1ccc(Br)c([N+](=O)[O-])n1. The standard InChI is InChI=1S/C10H12BrN3O4/c1-10(2,3)18-9(15)13-7-5-4-6(11)8(12-7)14(16)17/h4-5H,1-3H3,(H,12,13,15). The lowest BCUT2D eigenvalue weighted by molar-refractivity contribution is -0.390. The van der Waals surface area contributed by atoms with Crippen LogP contribution in [0.5, 0.6) is 0 Å². The largest absolute Gasteiger partial charge is 0.444 e. The Kier molecular flexibility index (Phi) is 4.23. The van der Waals surface area contributed by atoms with Gasteiger partial charge in [0.2, 0.25) is 0 Å². The Labute approximate surface area is 112 Å². The first-order valence-electron chi connectivity index (χ1n) is 5.00. The molecule has 8 heteroatoms. The first kappa shape index (κ1) is 14.4. The highest BCUT2D eigenvalue weighted by atomic mass is 79.9. The third-order valence-electron chi connectivity index (χ3n) is 1.63. The molecule has 1 aromatic heterocycles. The Bertz CT molecular complexity index is 485. The van der Waals surface area contributed by atoms with Gasteiger partial charge < -0.3 is 14.9 Å². The van der Waals surface area contributed by atoms with Gasteiger partial charge in [0.15, 0.2) is 0 Å². The van der Waals surface area contributed by atoms with E-state index in [9.17, 15) is 14.9 Å². The van der Waals surface area contributed by atoms with Crippen LogP contribution in [0.1, 0.15) is 20.8 Å². The van der Waals surface area contributed by atoms with Crippen LogP contribution in [-0.4, -0.2) is 21.6 Å². The maximum Gasteiger partial charge on any atom is 0.415 e. The molecule has 98 valence electrons. The lowest BCUT2D eigenvalue weighted by atomic mass is 10.2. The van der Waals surface area contributed by atoms with E-state index < -0.39 is 16.6 Å². The van der Waals surface area contributed by atoms with Crippen LogP contribution in [0.15, 0.2) is 16.6 Å². The Hall–Kier alpha value is -1.70. The second-order valence-corrected chi connectivity index (χ2v) is 5.24. The molecule has 0 aliphatic heterocycles. The van der Waals surface area contributed by atoms with Crippen molar-refractivity contribution in [1.29, 1.82) is 0 Å². The number of carbonyl (C=O) groups excluding carboxylic acids is 1. The van der Waals surface area contributed by atoms with Gasteiger partial charge in [-0.2, -0.15) is 0 Å². The second kappa shape index (κ2) is 5.30. The van der Waals surface area contributed by atoms with E-state index in [0.29, 0.717) is 0 Å². The van der Waals surface area contributed by atoms with Gasteiger partial charge in [0, 0.05) is 6.07 Å². The van der Waals surface area contributed by atoms with E-state index in [0.717, 1.165) is 0 Å². The molecule has 1 rings (SSSR count). The Morgan fingerprint density at radius 2 is 2.11 bits per heavy atom. The summed E-state index contributed by atoms with van der Waals surface area (Å²) in [6.07, 6.45) is -0.716. The van der Waals surface area contributed by atoms with E-state index in [1.807, 2.05) is 0 Å². The summed E-state index contributed by atoms with van der Waals surface area (Å²) in [5.41, 5.74) is -0.647. The van der Waals surface area contributed by atoms with E-state index in [2.05, 4.69) is 26.2 Å². The van der Waals surface area contributed by atoms with Crippen molar-refractivity contribution in [3.8, 4) is 0 Å². The van der Waals surface area contributed by atoms with Gasteiger partial charge in [-0.05, 0) is 52.7 Å². The average molecular weight is 318 g/mol. The average Bonchev–Trinajstić information content (AvgIpc) is 2.17. The summed E-state index contributed by atoms with van der Waals surface area (Å²) < 4.78 is 5.24. The predicted octanol–water partition coefficient (Wildman–Crippen LogP) is 3.10. The maximum absolute atomic E-state index is 11.4. The van der Waals surface area contributed by atoms with Gasteiger partial charge in [0.1, 0.15) is 10.1 Å². The van der Waals surface area contributed by atoms with Crippen molar-refractivity contribution < 1.29 is 14.5 Å². The fraction of sp³-hybridized carbons (Fsp3) is 0.400. The molecular weight excluding hydrogens is 306 g/mol. The topological polar surface area (TPSA) is 94.4 Å². The quantitative estimate of drug-likeness (QED) is 0.668. The van der Waals surface area contributed by atoms with Crippen LogP contribution < -0.4 is 5.32 Å². The summed E-state index contributed by atoms with van der Waals surface area (Å²) in [5.74, 6) is -0.317. The monoisotopic (exact) mass is 317 g/mol. The van der Waals surface area contributed by atoms with Gasteiger partial charge in [-0.1, -0.05) is 0 Å². The zero-order valence-corrected chi connectivity index (χ0v) is 11.6. The fourth-order valence-corrected chi connectivity index (χ4v) is 1.40. The van der Waals surface area contributed by atoms with Crippen molar-refractivity contribution in [2.75, 3.05) is 5.32 Å². The van der Waals surface area contributed by atoms with Gasteiger partial charge >= 0.3 is 11.9 Å². The van der Waals surface area contributed by atoms with Crippen molar-refractivity contribution >= 4 is 33.7 Å². The summed E-state index contributed by atoms with van der Waals surface area (Å²) in [5, 5.41) is 13.0. The van der Waals surface area contributed by atoms with Gasteiger partial charge in [0.05, 0.1) is 0 Å². The van der Waals surface area contributed by atoms with E-state index >= 15 is 0 Å². The number of pyridine rings is 1. The lowest BCUT2D eigenvalue weighted by Crippen LogP contribution is -2.27. The number of amides is 1. The lowest BCUT2D eigenvalue weighted by Gasteiger charge is -2.18. The van der Waals surface area contributed by atoms with Crippen molar-refractivity contribution in [1.82, 2.24) is 4.98 Å². The summed E-state index contributed by atoms with van der Waals surface area (Å²) in [4.78, 5) is 25.1. The summed E-state index contributed by atoms with van der Waals surface area (Å²) in [6, 6.07) is 2.86. The highest BCUT2D eigenvalue weighted by Crippen LogP contribution is 2.24.